The van der Waals surface area contributed by atoms with Crippen molar-refractivity contribution in [1.82, 2.24) is 24.9 Å². The number of aromatic nitrogens is 2. The number of likely N-dealkylation sites (tertiary alicyclic amines) is 1. The van der Waals surface area contributed by atoms with Gasteiger partial charge in [-0.3, -0.25) is 19.2 Å². The molecular formula is C30H37N5O2. The van der Waals surface area contributed by atoms with Gasteiger partial charge < -0.3 is 10.2 Å². The number of fused-ring (bicyclic) bond motifs is 1. The molecule has 2 amide bonds. The monoisotopic (exact) mass is 499 g/mol. The van der Waals surface area contributed by atoms with E-state index in [1.807, 2.05) is 47.8 Å². The van der Waals surface area contributed by atoms with E-state index < -0.39 is 0 Å². The van der Waals surface area contributed by atoms with Crippen LogP contribution in [0.4, 0.5) is 0 Å². The van der Waals surface area contributed by atoms with E-state index in [4.69, 9.17) is 0 Å². The zero-order chi connectivity index (χ0) is 26.1. The van der Waals surface area contributed by atoms with Gasteiger partial charge in [-0.1, -0.05) is 30.3 Å². The molecule has 0 spiro atoms. The Hall–Kier alpha value is -3.45. The maximum absolute atomic E-state index is 13.1. The van der Waals surface area contributed by atoms with Crippen molar-refractivity contribution in [1.29, 1.82) is 0 Å². The molecule has 2 aliphatic rings. The molecule has 0 aliphatic carbocycles. The molecule has 3 heterocycles. The minimum absolute atomic E-state index is 0.0639. The molecule has 37 heavy (non-hydrogen) atoms. The zero-order valence-corrected chi connectivity index (χ0v) is 22.4. The molecule has 0 bridgehead atoms. The molecule has 3 aromatic rings. The Kier molecular flexibility index (Phi) is 7.15. The Labute approximate surface area is 219 Å². The van der Waals surface area contributed by atoms with Crippen LogP contribution < -0.4 is 5.32 Å². The Morgan fingerprint density at radius 3 is 2.43 bits per heavy atom. The normalized spacial score (nSPS) is 16.5. The summed E-state index contributed by atoms with van der Waals surface area (Å²) in [6.45, 7) is 10.3. The number of amides is 2. The first-order valence-corrected chi connectivity index (χ1v) is 13.3. The third-order valence-corrected chi connectivity index (χ3v) is 7.92. The standard InChI is InChI=1S/C30H37N5O2/c1-20-7-10-25(17-21(20)2)22(3)31-29(36)24-11-8-23(9-12-24)18-34-16-13-27-26(19-34)28(32-33(27)4)30(37)35-14-5-6-15-35/h7-12,17,22H,5-6,13-16,18-19H2,1-4H3,(H,31,36). The summed E-state index contributed by atoms with van der Waals surface area (Å²) in [4.78, 5) is 30.3. The summed E-state index contributed by atoms with van der Waals surface area (Å²) >= 11 is 0. The molecule has 194 valence electrons. The van der Waals surface area contributed by atoms with E-state index in [1.165, 1.54) is 16.8 Å². The van der Waals surface area contributed by atoms with E-state index in [0.717, 1.165) is 62.1 Å². The van der Waals surface area contributed by atoms with E-state index in [1.54, 1.807) is 0 Å². The fraction of sp³-hybridized carbons (Fsp3) is 0.433. The molecule has 1 aromatic heterocycles. The van der Waals surface area contributed by atoms with Crippen molar-refractivity contribution in [3.63, 3.8) is 0 Å². The Morgan fingerprint density at radius 1 is 1.00 bits per heavy atom. The van der Waals surface area contributed by atoms with E-state index in [0.29, 0.717) is 17.8 Å². The number of nitrogens with one attached hydrogen (secondary N) is 1. The third-order valence-electron chi connectivity index (χ3n) is 7.92. The predicted octanol–water partition coefficient (Wildman–Crippen LogP) is 4.32. The third kappa shape index (κ3) is 5.32. The number of hydrogen-bond donors (Lipinski definition) is 1. The first-order chi connectivity index (χ1) is 17.8. The summed E-state index contributed by atoms with van der Waals surface area (Å²) in [5.74, 6) is 0.00177. The Bertz CT molecular complexity index is 1300. The number of aryl methyl sites for hydroxylation is 3. The maximum Gasteiger partial charge on any atom is 0.274 e. The van der Waals surface area contributed by atoms with Gasteiger partial charge in [0.05, 0.1) is 6.04 Å². The lowest BCUT2D eigenvalue weighted by molar-refractivity contribution is 0.0783. The van der Waals surface area contributed by atoms with Crippen LogP contribution in [-0.2, 0) is 26.6 Å². The van der Waals surface area contributed by atoms with Crippen LogP contribution in [0.3, 0.4) is 0 Å². The van der Waals surface area contributed by atoms with Crippen LogP contribution in [0.1, 0.15) is 80.2 Å². The number of rotatable bonds is 6. The van der Waals surface area contributed by atoms with Crippen molar-refractivity contribution in [2.24, 2.45) is 7.05 Å². The van der Waals surface area contributed by atoms with E-state index in [-0.39, 0.29) is 17.9 Å². The molecular weight excluding hydrogens is 462 g/mol. The average Bonchev–Trinajstić information content (AvgIpc) is 3.54. The van der Waals surface area contributed by atoms with Crippen LogP contribution in [-0.4, -0.2) is 51.0 Å². The molecule has 0 saturated carbocycles. The summed E-state index contributed by atoms with van der Waals surface area (Å²) in [5.41, 5.74) is 8.26. The van der Waals surface area contributed by atoms with Gasteiger partial charge in [-0.05, 0) is 68.0 Å². The van der Waals surface area contributed by atoms with Gasteiger partial charge in [0.2, 0.25) is 0 Å². The number of nitrogens with zero attached hydrogens (tertiary/aromatic N) is 4. The summed E-state index contributed by atoms with van der Waals surface area (Å²) in [6, 6.07) is 14.1. The summed E-state index contributed by atoms with van der Waals surface area (Å²) in [6.07, 6.45) is 3.03. The Balaban J connectivity index is 1.22. The second-order valence-electron chi connectivity index (χ2n) is 10.6. The van der Waals surface area contributed by atoms with Crippen molar-refractivity contribution < 1.29 is 9.59 Å². The molecule has 0 radical (unpaired) electrons. The van der Waals surface area contributed by atoms with Gasteiger partial charge >= 0.3 is 0 Å². The molecule has 5 rings (SSSR count). The van der Waals surface area contributed by atoms with Gasteiger partial charge in [0, 0.05) is 63.0 Å². The number of hydrogen-bond acceptors (Lipinski definition) is 4. The van der Waals surface area contributed by atoms with E-state index >= 15 is 0 Å². The van der Waals surface area contributed by atoms with Crippen LogP contribution in [0.15, 0.2) is 42.5 Å². The highest BCUT2D eigenvalue weighted by Crippen LogP contribution is 2.26. The minimum Gasteiger partial charge on any atom is -0.346 e. The van der Waals surface area contributed by atoms with Gasteiger partial charge in [-0.2, -0.15) is 5.10 Å². The molecule has 1 N–H and O–H groups in total. The van der Waals surface area contributed by atoms with E-state index in [9.17, 15) is 9.59 Å². The van der Waals surface area contributed by atoms with Crippen molar-refractivity contribution in [3.05, 3.63) is 87.2 Å². The molecule has 1 fully saturated rings. The zero-order valence-electron chi connectivity index (χ0n) is 22.4. The molecule has 1 saturated heterocycles. The summed E-state index contributed by atoms with van der Waals surface area (Å²) < 4.78 is 1.89. The second-order valence-corrected chi connectivity index (χ2v) is 10.6. The SMILES string of the molecule is Cc1ccc(C(C)NC(=O)c2ccc(CN3CCc4c(c(C(=O)N5CCCC5)nn4C)C3)cc2)cc1C. The first-order valence-electron chi connectivity index (χ1n) is 13.3. The summed E-state index contributed by atoms with van der Waals surface area (Å²) in [7, 11) is 1.94. The molecule has 1 unspecified atom stereocenters. The molecule has 7 heteroatoms. The average molecular weight is 500 g/mol. The van der Waals surface area contributed by atoms with Crippen molar-refractivity contribution in [2.45, 2.75) is 59.2 Å². The van der Waals surface area contributed by atoms with Gasteiger partial charge in [0.1, 0.15) is 0 Å². The van der Waals surface area contributed by atoms with Crippen molar-refractivity contribution >= 4 is 11.8 Å². The minimum atomic E-state index is -0.0691. The van der Waals surface area contributed by atoms with Crippen LogP contribution in [0, 0.1) is 13.8 Å². The fourth-order valence-corrected chi connectivity index (χ4v) is 5.44. The topological polar surface area (TPSA) is 70.5 Å². The lowest BCUT2D eigenvalue weighted by Crippen LogP contribution is -2.33. The highest BCUT2D eigenvalue weighted by atomic mass is 16.2. The highest BCUT2D eigenvalue weighted by molar-refractivity contribution is 5.95. The Morgan fingerprint density at radius 2 is 1.73 bits per heavy atom. The molecule has 1 atom stereocenters. The smallest absolute Gasteiger partial charge is 0.274 e. The van der Waals surface area contributed by atoms with Crippen molar-refractivity contribution in [2.75, 3.05) is 19.6 Å². The highest BCUT2D eigenvalue weighted by Gasteiger charge is 2.30. The van der Waals surface area contributed by atoms with Crippen molar-refractivity contribution in [3.8, 4) is 0 Å². The van der Waals surface area contributed by atoms with Crippen LogP contribution in [0.2, 0.25) is 0 Å². The first kappa shape index (κ1) is 25.2. The molecule has 7 nitrogen and oxygen atoms in total. The number of carbonyl (C=O) groups excluding carboxylic acids is 2. The predicted molar refractivity (Wildman–Crippen MR) is 144 cm³/mol. The number of benzene rings is 2. The maximum atomic E-state index is 13.1. The lowest BCUT2D eigenvalue weighted by atomic mass is 10.0. The van der Waals surface area contributed by atoms with Gasteiger partial charge in [-0.25, -0.2) is 0 Å². The van der Waals surface area contributed by atoms with Gasteiger partial charge in [0.15, 0.2) is 5.69 Å². The fourth-order valence-electron chi connectivity index (χ4n) is 5.44. The summed E-state index contributed by atoms with van der Waals surface area (Å²) in [5, 5.41) is 7.74. The van der Waals surface area contributed by atoms with E-state index in [2.05, 4.69) is 47.4 Å². The quantitative estimate of drug-likeness (QED) is 0.548. The number of carbonyl (C=O) groups is 2. The molecule has 2 aromatic carbocycles. The largest absolute Gasteiger partial charge is 0.346 e. The lowest BCUT2D eigenvalue weighted by Gasteiger charge is -2.28. The van der Waals surface area contributed by atoms with Crippen LogP contribution in [0.25, 0.3) is 0 Å². The molecule has 2 aliphatic heterocycles. The van der Waals surface area contributed by atoms with Gasteiger partial charge in [0.25, 0.3) is 11.8 Å². The van der Waals surface area contributed by atoms with Crippen LogP contribution in [0.5, 0.6) is 0 Å². The van der Waals surface area contributed by atoms with Gasteiger partial charge in [-0.15, -0.1) is 0 Å². The van der Waals surface area contributed by atoms with Crippen LogP contribution >= 0.6 is 0 Å². The second kappa shape index (κ2) is 10.5.